The molecule has 0 aliphatic rings. The zero-order chi connectivity index (χ0) is 7.44. The minimum absolute atomic E-state index is 0.102. The second-order valence-corrected chi connectivity index (χ2v) is 2.38. The van der Waals surface area contributed by atoms with Crippen LogP contribution in [0, 0.1) is 5.41 Å². The lowest BCUT2D eigenvalue weighted by Crippen LogP contribution is -2.27. The zero-order valence-electron chi connectivity index (χ0n) is 5.76. The summed E-state index contributed by atoms with van der Waals surface area (Å²) in [5, 5.41) is 7.42. The van der Waals surface area contributed by atoms with Crippen LogP contribution in [0.5, 0.6) is 0 Å². The molecule has 0 saturated carbocycles. The molecule has 0 rings (SSSR count). The molecule has 0 fully saturated rings. The third kappa shape index (κ3) is 2.51. The number of nitrogens with one attached hydrogen (secondary N) is 1. The van der Waals surface area contributed by atoms with Crippen molar-refractivity contribution in [2.75, 3.05) is 13.3 Å². The van der Waals surface area contributed by atoms with E-state index < -0.39 is 0 Å². The van der Waals surface area contributed by atoms with Crippen molar-refractivity contribution in [3.8, 4) is 0 Å². The van der Waals surface area contributed by atoms with E-state index in [0.29, 0.717) is 0 Å². The van der Waals surface area contributed by atoms with Gasteiger partial charge in [0, 0.05) is 14.0 Å². The molecule has 0 atom stereocenters. The van der Waals surface area contributed by atoms with Gasteiger partial charge in [0.2, 0.25) is 5.91 Å². The Labute approximate surface area is 58.9 Å². The topological polar surface area (TPSA) is 44.2 Å². The van der Waals surface area contributed by atoms with Gasteiger partial charge < -0.3 is 0 Å². The number of carbonyl (C=O) groups is 1. The van der Waals surface area contributed by atoms with Crippen LogP contribution in [-0.2, 0) is 4.79 Å². The lowest BCUT2D eigenvalue weighted by atomic mass is 10.6. The molecule has 1 N–H and O–H groups in total. The average molecular weight is 146 g/mol. The normalized spacial score (nSPS) is 8.78. The molecule has 0 spiro atoms. The molecule has 9 heavy (non-hydrogen) atoms. The lowest BCUT2D eigenvalue weighted by Gasteiger charge is -2.12. The van der Waals surface area contributed by atoms with Crippen LogP contribution in [0.15, 0.2) is 0 Å². The Bertz CT molecular complexity index is 135. The first-order chi connectivity index (χ1) is 4.09. The molecule has 4 heteroatoms. The van der Waals surface area contributed by atoms with Crippen molar-refractivity contribution in [3.05, 3.63) is 0 Å². The fourth-order valence-electron chi connectivity index (χ4n) is 0.280. The maximum atomic E-state index is 10.5. The number of amidine groups is 1. The maximum absolute atomic E-state index is 10.5. The van der Waals surface area contributed by atoms with Gasteiger partial charge >= 0.3 is 0 Å². The molecule has 52 valence electrons. The van der Waals surface area contributed by atoms with Gasteiger partial charge in [0.25, 0.3) is 0 Å². The van der Waals surface area contributed by atoms with E-state index in [1.54, 1.807) is 13.3 Å². The van der Waals surface area contributed by atoms with Gasteiger partial charge in [-0.1, -0.05) is 11.8 Å². The predicted octanol–water partition coefficient (Wildman–Crippen LogP) is 0.762. The van der Waals surface area contributed by atoms with Crippen molar-refractivity contribution in [2.45, 2.75) is 6.92 Å². The largest absolute Gasteiger partial charge is 0.295 e. The zero-order valence-corrected chi connectivity index (χ0v) is 6.58. The second kappa shape index (κ2) is 3.50. The molecule has 0 heterocycles. The first-order valence-electron chi connectivity index (χ1n) is 2.46. The smallest absolute Gasteiger partial charge is 0.225 e. The van der Waals surface area contributed by atoms with Crippen molar-refractivity contribution >= 4 is 22.8 Å². The molecule has 0 bridgehead atoms. The van der Waals surface area contributed by atoms with E-state index in [0.717, 1.165) is 0 Å². The summed E-state index contributed by atoms with van der Waals surface area (Å²) in [6, 6.07) is 0. The summed E-state index contributed by atoms with van der Waals surface area (Å²) in [7, 11) is 1.58. The Kier molecular flexibility index (Phi) is 3.30. The fourth-order valence-corrected chi connectivity index (χ4v) is 0.682. The minimum atomic E-state index is -0.102. The first-order valence-corrected chi connectivity index (χ1v) is 3.69. The van der Waals surface area contributed by atoms with Crippen molar-refractivity contribution in [1.82, 2.24) is 4.90 Å². The maximum Gasteiger partial charge on any atom is 0.225 e. The number of thioether (sulfide) groups is 1. The van der Waals surface area contributed by atoms with Crippen LogP contribution in [0.4, 0.5) is 0 Å². The van der Waals surface area contributed by atoms with Crippen LogP contribution in [0.2, 0.25) is 0 Å². The summed E-state index contributed by atoms with van der Waals surface area (Å²) in [5.74, 6) is -0.102. The molecule has 0 aliphatic carbocycles. The van der Waals surface area contributed by atoms with Crippen LogP contribution in [0.1, 0.15) is 6.92 Å². The Balaban J connectivity index is 3.88. The van der Waals surface area contributed by atoms with Gasteiger partial charge in [-0.3, -0.25) is 15.1 Å². The van der Waals surface area contributed by atoms with Gasteiger partial charge in [-0.15, -0.1) is 0 Å². The van der Waals surface area contributed by atoms with Gasteiger partial charge in [0.15, 0.2) is 5.17 Å². The molecule has 0 aromatic rings. The molecule has 0 radical (unpaired) electrons. The molecule has 3 nitrogen and oxygen atoms in total. The van der Waals surface area contributed by atoms with Crippen LogP contribution in [0.25, 0.3) is 0 Å². The molecule has 0 aromatic carbocycles. The van der Waals surface area contributed by atoms with Gasteiger partial charge in [-0.05, 0) is 6.26 Å². The van der Waals surface area contributed by atoms with E-state index in [1.807, 2.05) is 0 Å². The SMILES string of the molecule is CSC(=N)N(C)C(C)=O. The van der Waals surface area contributed by atoms with Crippen LogP contribution >= 0.6 is 11.8 Å². The Morgan fingerprint density at radius 1 is 1.67 bits per heavy atom. The van der Waals surface area contributed by atoms with E-state index in [-0.39, 0.29) is 11.1 Å². The summed E-state index contributed by atoms with van der Waals surface area (Å²) in [5.41, 5.74) is 0. The van der Waals surface area contributed by atoms with Crippen molar-refractivity contribution in [3.63, 3.8) is 0 Å². The first kappa shape index (κ1) is 8.49. The Hall–Kier alpha value is -0.510. The highest BCUT2D eigenvalue weighted by atomic mass is 32.2. The number of rotatable bonds is 0. The summed E-state index contributed by atoms with van der Waals surface area (Å²) in [6.45, 7) is 1.44. The van der Waals surface area contributed by atoms with E-state index in [9.17, 15) is 4.79 Å². The average Bonchev–Trinajstić information content (AvgIpc) is 1.84. The minimum Gasteiger partial charge on any atom is -0.295 e. The van der Waals surface area contributed by atoms with Crippen molar-refractivity contribution in [1.29, 1.82) is 5.41 Å². The fraction of sp³-hybridized carbons (Fsp3) is 0.600. The summed E-state index contributed by atoms with van der Waals surface area (Å²) in [6.07, 6.45) is 1.77. The number of carbonyl (C=O) groups excluding carboxylic acids is 1. The molecule has 0 aliphatic heterocycles. The van der Waals surface area contributed by atoms with E-state index >= 15 is 0 Å². The Morgan fingerprint density at radius 2 is 2.11 bits per heavy atom. The quantitative estimate of drug-likeness (QED) is 0.405. The third-order valence-corrected chi connectivity index (χ3v) is 1.63. The standard InChI is InChI=1S/C5H10N2OS/c1-4(8)7(2)5(6)9-3/h6H,1-3H3. The molecule has 0 aromatic heterocycles. The van der Waals surface area contributed by atoms with Crippen LogP contribution in [0.3, 0.4) is 0 Å². The van der Waals surface area contributed by atoms with Gasteiger partial charge in [-0.2, -0.15) is 0 Å². The molecule has 0 unspecified atom stereocenters. The highest BCUT2D eigenvalue weighted by Crippen LogP contribution is 1.99. The van der Waals surface area contributed by atoms with Gasteiger partial charge in [0.1, 0.15) is 0 Å². The van der Waals surface area contributed by atoms with Gasteiger partial charge in [0.05, 0.1) is 0 Å². The number of nitrogens with zero attached hydrogens (tertiary/aromatic N) is 1. The molecular formula is C5H10N2OS. The summed E-state index contributed by atoms with van der Waals surface area (Å²) < 4.78 is 0. The molecular weight excluding hydrogens is 136 g/mol. The van der Waals surface area contributed by atoms with E-state index in [2.05, 4.69) is 0 Å². The molecule has 0 saturated heterocycles. The number of hydrogen-bond donors (Lipinski definition) is 1. The molecule has 1 amide bonds. The highest BCUT2D eigenvalue weighted by Gasteiger charge is 2.05. The van der Waals surface area contributed by atoms with Crippen molar-refractivity contribution < 1.29 is 4.79 Å². The summed E-state index contributed by atoms with van der Waals surface area (Å²) >= 11 is 1.25. The lowest BCUT2D eigenvalue weighted by molar-refractivity contribution is -0.124. The number of hydrogen-bond acceptors (Lipinski definition) is 3. The van der Waals surface area contributed by atoms with Crippen LogP contribution in [-0.4, -0.2) is 29.3 Å². The van der Waals surface area contributed by atoms with E-state index in [4.69, 9.17) is 5.41 Å². The predicted molar refractivity (Wildman–Crippen MR) is 39.7 cm³/mol. The van der Waals surface area contributed by atoms with Crippen molar-refractivity contribution in [2.24, 2.45) is 0 Å². The van der Waals surface area contributed by atoms with Gasteiger partial charge in [-0.25, -0.2) is 0 Å². The highest BCUT2D eigenvalue weighted by molar-refractivity contribution is 8.13. The second-order valence-electron chi connectivity index (χ2n) is 1.59. The Morgan fingerprint density at radius 3 is 2.22 bits per heavy atom. The number of amides is 1. The summed E-state index contributed by atoms with van der Waals surface area (Å²) in [4.78, 5) is 11.8. The van der Waals surface area contributed by atoms with E-state index in [1.165, 1.54) is 23.6 Å². The third-order valence-electron chi connectivity index (χ3n) is 0.970. The monoisotopic (exact) mass is 146 g/mol. The van der Waals surface area contributed by atoms with Crippen LogP contribution < -0.4 is 0 Å².